The summed E-state index contributed by atoms with van der Waals surface area (Å²) in [6.45, 7) is 2.68. The molecule has 0 bridgehead atoms. The lowest BCUT2D eigenvalue weighted by Crippen LogP contribution is -2.29. The van der Waals surface area contributed by atoms with Crippen molar-refractivity contribution < 1.29 is 4.74 Å². The second kappa shape index (κ2) is 6.47. The van der Waals surface area contributed by atoms with Crippen LogP contribution < -0.4 is 0 Å². The average molecular weight is 334 g/mol. The maximum atomic E-state index is 9.41. The minimum Gasteiger partial charge on any atom is -0.380 e. The molecule has 5 heteroatoms. The molecule has 0 aliphatic carbocycles. The Hall–Kier alpha value is -2.42. The van der Waals surface area contributed by atoms with Crippen LogP contribution in [0.25, 0.3) is 21.8 Å². The summed E-state index contributed by atoms with van der Waals surface area (Å²) in [5.41, 5.74) is 4.75. The highest BCUT2D eigenvalue weighted by Crippen LogP contribution is 2.34. The lowest BCUT2D eigenvalue weighted by molar-refractivity contribution is 0.185. The van der Waals surface area contributed by atoms with E-state index in [-0.39, 0.29) is 0 Å². The number of ether oxygens (including phenoxy) is 1. The summed E-state index contributed by atoms with van der Waals surface area (Å²) in [6.07, 6.45) is 4.14. The van der Waals surface area contributed by atoms with Gasteiger partial charge in [0.2, 0.25) is 0 Å². The van der Waals surface area contributed by atoms with E-state index in [1.54, 1.807) is 13.3 Å². The van der Waals surface area contributed by atoms with Crippen molar-refractivity contribution in [3.8, 4) is 6.07 Å². The minimum absolute atomic E-state index is 0.388. The summed E-state index contributed by atoms with van der Waals surface area (Å²) < 4.78 is 5.34. The molecule has 1 aromatic carbocycles. The normalized spacial score (nSPS) is 16.5. The molecule has 4 rings (SSSR count). The lowest BCUT2D eigenvalue weighted by atomic mass is 9.88. The van der Waals surface area contributed by atoms with Gasteiger partial charge in [-0.3, -0.25) is 0 Å². The van der Waals surface area contributed by atoms with Gasteiger partial charge in [-0.15, -0.1) is 0 Å². The van der Waals surface area contributed by atoms with Crippen molar-refractivity contribution >= 4 is 21.8 Å². The molecule has 1 fully saturated rings. The largest absolute Gasteiger partial charge is 0.380 e. The molecule has 0 unspecified atom stereocenters. The maximum absolute atomic E-state index is 9.41. The van der Waals surface area contributed by atoms with E-state index in [1.807, 2.05) is 0 Å². The molecule has 0 amide bonds. The zero-order valence-electron chi connectivity index (χ0n) is 14.7. The standard InChI is InChI=1S/C20H22N4O/c1-24-7-5-13(6-8-24)14-3-4-17-15(9-14)20-16(12-25-2)18(10-21)22-11-19(20)23-17/h3-4,9,11,13,23H,5-8,12H2,1-2H3. The van der Waals surface area contributed by atoms with Crippen molar-refractivity contribution in [3.05, 3.63) is 41.2 Å². The van der Waals surface area contributed by atoms with Gasteiger partial charge in [0.25, 0.3) is 0 Å². The first-order valence-corrected chi connectivity index (χ1v) is 8.72. The molecule has 1 saturated heterocycles. The van der Waals surface area contributed by atoms with E-state index in [9.17, 15) is 5.26 Å². The highest BCUT2D eigenvalue weighted by Gasteiger charge is 2.20. The monoisotopic (exact) mass is 334 g/mol. The fraction of sp³-hybridized carbons (Fsp3) is 0.400. The van der Waals surface area contributed by atoms with Crippen molar-refractivity contribution in [3.63, 3.8) is 0 Å². The number of hydrogen-bond donors (Lipinski definition) is 1. The van der Waals surface area contributed by atoms with Crippen LogP contribution in [0.1, 0.15) is 35.6 Å². The average Bonchev–Trinajstić information content (AvgIpc) is 3.01. The molecule has 2 aromatic heterocycles. The van der Waals surface area contributed by atoms with Crippen molar-refractivity contribution in [2.75, 3.05) is 27.2 Å². The van der Waals surface area contributed by atoms with Crippen LogP contribution in [0.15, 0.2) is 24.4 Å². The summed E-state index contributed by atoms with van der Waals surface area (Å²) in [5, 5.41) is 11.6. The van der Waals surface area contributed by atoms with E-state index in [1.165, 1.54) is 18.4 Å². The van der Waals surface area contributed by atoms with Crippen LogP contribution in [0.5, 0.6) is 0 Å². The van der Waals surface area contributed by atoms with E-state index < -0.39 is 0 Å². The predicted molar refractivity (Wildman–Crippen MR) is 98.5 cm³/mol. The summed E-state index contributed by atoms with van der Waals surface area (Å²) in [4.78, 5) is 10.1. The van der Waals surface area contributed by atoms with E-state index >= 15 is 0 Å². The van der Waals surface area contributed by atoms with Crippen LogP contribution in [-0.2, 0) is 11.3 Å². The molecule has 3 heterocycles. The quantitative estimate of drug-likeness (QED) is 0.795. The molecular formula is C20H22N4O. The van der Waals surface area contributed by atoms with E-state index in [4.69, 9.17) is 4.74 Å². The van der Waals surface area contributed by atoms with Gasteiger partial charge in [0, 0.05) is 29.0 Å². The second-order valence-electron chi connectivity index (χ2n) is 6.93. The number of benzene rings is 1. The summed E-state index contributed by atoms with van der Waals surface area (Å²) >= 11 is 0. The highest BCUT2D eigenvalue weighted by molar-refractivity contribution is 6.09. The highest BCUT2D eigenvalue weighted by atomic mass is 16.5. The fourth-order valence-electron chi connectivity index (χ4n) is 3.95. The first-order valence-electron chi connectivity index (χ1n) is 8.72. The third kappa shape index (κ3) is 2.78. The lowest BCUT2D eigenvalue weighted by Gasteiger charge is -2.29. The Kier molecular flexibility index (Phi) is 4.16. The second-order valence-corrected chi connectivity index (χ2v) is 6.93. The number of likely N-dealkylation sites (tertiary alicyclic amines) is 1. The number of nitriles is 1. The molecule has 0 atom stereocenters. The van der Waals surface area contributed by atoms with Gasteiger partial charge < -0.3 is 14.6 Å². The first-order chi connectivity index (χ1) is 12.2. The molecule has 1 aliphatic rings. The molecule has 1 N–H and O–H groups in total. The maximum Gasteiger partial charge on any atom is 0.146 e. The van der Waals surface area contributed by atoms with Crippen LogP contribution in [0.4, 0.5) is 0 Å². The minimum atomic E-state index is 0.388. The SMILES string of the molecule is COCc1c(C#N)ncc2[nH]c3ccc(C4CCN(C)CC4)cc3c12. The van der Waals surface area contributed by atoms with Gasteiger partial charge in [0.05, 0.1) is 18.3 Å². The third-order valence-electron chi connectivity index (χ3n) is 5.35. The Balaban J connectivity index is 1.88. The Morgan fingerprint density at radius 3 is 2.84 bits per heavy atom. The van der Waals surface area contributed by atoms with Crippen LogP contribution in [0.2, 0.25) is 0 Å². The van der Waals surface area contributed by atoms with E-state index in [2.05, 4.69) is 46.2 Å². The molecule has 128 valence electrons. The van der Waals surface area contributed by atoms with E-state index in [0.717, 1.165) is 40.5 Å². The van der Waals surface area contributed by atoms with Crippen molar-refractivity contribution in [2.24, 2.45) is 0 Å². The van der Waals surface area contributed by atoms with Crippen molar-refractivity contribution in [1.82, 2.24) is 14.9 Å². The molecule has 0 spiro atoms. The van der Waals surface area contributed by atoms with Gasteiger partial charge in [-0.1, -0.05) is 6.07 Å². The number of nitrogens with zero attached hydrogens (tertiary/aromatic N) is 3. The molecule has 0 radical (unpaired) electrons. The zero-order valence-corrected chi connectivity index (χ0v) is 14.7. The van der Waals surface area contributed by atoms with Gasteiger partial charge in [0.1, 0.15) is 11.8 Å². The number of nitrogens with one attached hydrogen (secondary N) is 1. The number of fused-ring (bicyclic) bond motifs is 3. The number of hydrogen-bond acceptors (Lipinski definition) is 4. The van der Waals surface area contributed by atoms with Crippen LogP contribution in [0, 0.1) is 11.3 Å². The molecule has 25 heavy (non-hydrogen) atoms. The first kappa shape index (κ1) is 16.1. The van der Waals surface area contributed by atoms with Crippen molar-refractivity contribution in [2.45, 2.75) is 25.4 Å². The van der Waals surface area contributed by atoms with Gasteiger partial charge in [-0.25, -0.2) is 4.98 Å². The number of rotatable bonds is 3. The summed E-state index contributed by atoms with van der Waals surface area (Å²) in [6, 6.07) is 8.89. The fourth-order valence-corrected chi connectivity index (χ4v) is 3.95. The number of piperidine rings is 1. The smallest absolute Gasteiger partial charge is 0.146 e. The summed E-state index contributed by atoms with van der Waals surface area (Å²) in [5.74, 6) is 0.605. The summed E-state index contributed by atoms with van der Waals surface area (Å²) in [7, 11) is 3.84. The topological polar surface area (TPSA) is 64.9 Å². The Morgan fingerprint density at radius 1 is 1.32 bits per heavy atom. The predicted octanol–water partition coefficient (Wildman–Crippen LogP) is 3.54. The zero-order chi connectivity index (χ0) is 17.4. The molecule has 1 aliphatic heterocycles. The third-order valence-corrected chi connectivity index (χ3v) is 5.35. The Morgan fingerprint density at radius 2 is 2.12 bits per heavy atom. The molecule has 0 saturated carbocycles. The van der Waals surface area contributed by atoms with E-state index in [0.29, 0.717) is 18.2 Å². The molecular weight excluding hydrogens is 312 g/mol. The number of H-pyrrole nitrogens is 1. The van der Waals surface area contributed by atoms with Crippen molar-refractivity contribution in [1.29, 1.82) is 5.26 Å². The van der Waals surface area contributed by atoms with Crippen LogP contribution >= 0.6 is 0 Å². The molecule has 5 nitrogen and oxygen atoms in total. The van der Waals surface area contributed by atoms with Crippen LogP contribution in [-0.4, -0.2) is 42.1 Å². The van der Waals surface area contributed by atoms with Gasteiger partial charge in [0.15, 0.2) is 0 Å². The van der Waals surface area contributed by atoms with Gasteiger partial charge in [-0.2, -0.15) is 5.26 Å². The van der Waals surface area contributed by atoms with Gasteiger partial charge in [-0.05, 0) is 56.6 Å². The number of pyridine rings is 1. The number of aromatic nitrogens is 2. The van der Waals surface area contributed by atoms with Gasteiger partial charge >= 0.3 is 0 Å². The Labute approximate surface area is 147 Å². The number of aromatic amines is 1. The molecule has 3 aromatic rings. The Bertz CT molecular complexity index is 961. The van der Waals surface area contributed by atoms with Crippen LogP contribution in [0.3, 0.4) is 0 Å². The number of methoxy groups -OCH3 is 1.